The van der Waals surface area contributed by atoms with E-state index in [0.717, 1.165) is 36.3 Å². The van der Waals surface area contributed by atoms with E-state index in [1.165, 1.54) is 64.9 Å². The maximum absolute atomic E-state index is 15.7. The predicted molar refractivity (Wildman–Crippen MR) is 484 cm³/mol. The average Bonchev–Trinajstić information content (AvgIpc) is 1.82. The number of para-hydroxylation sites is 2. The van der Waals surface area contributed by atoms with E-state index in [2.05, 4.69) is 73.1 Å². The summed E-state index contributed by atoms with van der Waals surface area (Å²) in [6, 6.07) is -2.82. The Hall–Kier alpha value is -13.6. The van der Waals surface area contributed by atoms with Gasteiger partial charge >= 0.3 is 5.97 Å². The number of imidazole rings is 1. The molecule has 3 saturated heterocycles. The molecule has 0 radical (unpaired) electrons. The summed E-state index contributed by atoms with van der Waals surface area (Å²) in [4.78, 5) is 280. The molecule has 133 heavy (non-hydrogen) atoms. The molecule has 6 heterocycles. The molecule has 0 bridgehead atoms. The summed E-state index contributed by atoms with van der Waals surface area (Å²) in [5.41, 5.74) is 26.3. The van der Waals surface area contributed by atoms with Crippen molar-refractivity contribution in [3.63, 3.8) is 0 Å². The number of aromatic nitrogens is 4. The molecule has 3 aromatic carbocycles. The van der Waals surface area contributed by atoms with Gasteiger partial charge in [0.1, 0.15) is 90.3 Å². The summed E-state index contributed by atoms with van der Waals surface area (Å²) in [5, 5.41) is 59.0. The molecule has 3 aliphatic rings. The number of carbonyl (C=O) groups is 18. The molecule has 0 spiro atoms. The second kappa shape index (κ2) is 48.5. The fourth-order valence-corrected chi connectivity index (χ4v) is 17.1. The van der Waals surface area contributed by atoms with Gasteiger partial charge in [-0.3, -0.25) is 86.3 Å². The van der Waals surface area contributed by atoms with E-state index in [4.69, 9.17) is 22.9 Å². The number of aromatic hydroxyl groups is 1. The summed E-state index contributed by atoms with van der Waals surface area (Å²) in [7, 11) is 3.88. The molecule has 44 nitrogen and oxygen atoms in total. The number of phenols is 1. The van der Waals surface area contributed by atoms with Crippen molar-refractivity contribution in [2.45, 2.75) is 215 Å². The van der Waals surface area contributed by atoms with Gasteiger partial charge in [-0.1, -0.05) is 82.1 Å². The lowest BCUT2D eigenvalue weighted by molar-refractivity contribution is -0.149. The number of likely N-dealkylation sites (N-methyl/N-ethyl adjacent to an activating group) is 3. The molecule has 0 saturated carbocycles. The third-order valence-electron chi connectivity index (χ3n) is 23.6. The number of thioether (sulfide) groups is 1. The van der Waals surface area contributed by atoms with E-state index >= 15 is 33.6 Å². The SMILES string of the molecule is CCCC[C@H]1C(=O)N(C)[C@@H](CC(C)C)C(=O)N[C@@H](CN)C(=O)N[C@H](C(=O)NCC(N)=O)CSCC(=O)N[C@@H](Cc2ccc(O)cc2)C(=O)N(C)[C@@H](C)C(=O)N[C@@H](CC(N)=O)C(=O)N2CCC[C@H]2C(=O)N[C@@H](Cc2c[nH]cn2)C(=O)N[C@@H](CCC(=O)O)C(=O)N2C[C@H](O)C[C@H]2C(=O)N[C@@H](Cc2c[nH]c3ccccc23)C(=O)N[C@@H](CCN)C(=O)N[C@@H](Cc2c[nH]c3ccccc23)C(=O)N1C. The lowest BCUT2D eigenvalue weighted by Crippen LogP contribution is -2.62. The Morgan fingerprint density at radius 3 is 1.71 bits per heavy atom. The van der Waals surface area contributed by atoms with E-state index < -0.39 is 260 Å². The van der Waals surface area contributed by atoms with Gasteiger partial charge in [-0.15, -0.1) is 11.8 Å². The third-order valence-corrected chi connectivity index (χ3v) is 24.7. The van der Waals surface area contributed by atoms with Gasteiger partial charge in [-0.2, -0.15) is 0 Å². The first kappa shape index (κ1) is 103. The van der Waals surface area contributed by atoms with Crippen LogP contribution in [-0.4, -0.2) is 322 Å². The number of unbranched alkanes of at least 4 members (excludes halogenated alkanes) is 1. The maximum Gasteiger partial charge on any atom is 0.303 e. The lowest BCUT2D eigenvalue weighted by Gasteiger charge is -2.37. The number of nitrogens with one attached hydrogen (secondary N) is 13. The maximum atomic E-state index is 15.7. The van der Waals surface area contributed by atoms with Crippen molar-refractivity contribution in [3.05, 3.63) is 120 Å². The Labute approximate surface area is 770 Å². The summed E-state index contributed by atoms with van der Waals surface area (Å²) < 4.78 is 0. The number of amides is 17. The van der Waals surface area contributed by atoms with Crippen LogP contribution < -0.4 is 76.1 Å². The molecule has 3 fully saturated rings. The van der Waals surface area contributed by atoms with Crippen LogP contribution in [0.15, 0.2) is 97.7 Å². The van der Waals surface area contributed by atoms with Gasteiger partial charge in [0.15, 0.2) is 0 Å². The van der Waals surface area contributed by atoms with Crippen LogP contribution in [0.1, 0.15) is 121 Å². The number of aliphatic hydroxyl groups is 1. The number of carboxylic acids is 1. The summed E-state index contributed by atoms with van der Waals surface area (Å²) in [6.45, 7) is 4.26. The van der Waals surface area contributed by atoms with Crippen LogP contribution in [0.3, 0.4) is 0 Å². The number of hydrogen-bond acceptors (Lipinski definition) is 24. The number of H-pyrrole nitrogens is 3. The number of aliphatic hydroxyl groups excluding tert-OH is 1. The molecule has 45 heteroatoms. The number of primary amides is 2. The van der Waals surface area contributed by atoms with Gasteiger partial charge < -0.3 is 131 Å². The minimum atomic E-state index is -1.84. The number of carbonyl (C=O) groups excluding carboxylic acids is 17. The first-order chi connectivity index (χ1) is 63.3. The Balaban J connectivity index is 1.10. The Morgan fingerprint density at radius 2 is 1.11 bits per heavy atom. The highest BCUT2D eigenvalue weighted by molar-refractivity contribution is 8.00. The van der Waals surface area contributed by atoms with E-state index in [1.807, 2.05) is 6.92 Å². The summed E-state index contributed by atoms with van der Waals surface area (Å²) in [6.07, 6.45) is 0.921. The van der Waals surface area contributed by atoms with Crippen LogP contribution in [0, 0.1) is 5.92 Å². The van der Waals surface area contributed by atoms with Gasteiger partial charge in [0.2, 0.25) is 100 Å². The quantitative estimate of drug-likeness (QED) is 0.0273. The molecule has 720 valence electrons. The minimum absolute atomic E-state index is 0.00245. The molecule has 9 rings (SSSR count). The number of nitrogens with two attached hydrogens (primary N) is 4. The molecule has 3 aromatic heterocycles. The molecule has 0 unspecified atom stereocenters. The fraction of sp³-hybridized carbons (Fsp3) is 0.511. The Morgan fingerprint density at radius 1 is 0.564 bits per heavy atom. The van der Waals surface area contributed by atoms with Crippen molar-refractivity contribution in [1.29, 1.82) is 0 Å². The van der Waals surface area contributed by atoms with Crippen LogP contribution in [0.25, 0.3) is 21.8 Å². The number of phenolic OH excluding ortho intramolecular Hbond substituents is 1. The van der Waals surface area contributed by atoms with Crippen LogP contribution in [0.2, 0.25) is 0 Å². The highest BCUT2D eigenvalue weighted by Crippen LogP contribution is 2.28. The normalized spacial score (nSPS) is 25.0. The number of aromatic amines is 3. The molecular formula is C88H121N23O21S. The minimum Gasteiger partial charge on any atom is -0.508 e. The van der Waals surface area contributed by atoms with Crippen LogP contribution in [0.4, 0.5) is 0 Å². The second-order valence-corrected chi connectivity index (χ2v) is 34.9. The molecule has 3 aliphatic heterocycles. The first-order valence-corrected chi connectivity index (χ1v) is 45.2. The zero-order valence-electron chi connectivity index (χ0n) is 75.1. The zero-order chi connectivity index (χ0) is 97.2. The van der Waals surface area contributed by atoms with Crippen molar-refractivity contribution in [2.24, 2.45) is 28.9 Å². The molecule has 17 amide bonds. The molecule has 15 atom stereocenters. The van der Waals surface area contributed by atoms with Crippen LogP contribution in [0.5, 0.6) is 5.75 Å². The lowest BCUT2D eigenvalue weighted by atomic mass is 9.98. The number of fused-ring (bicyclic) bond motifs is 4. The third kappa shape index (κ3) is 28.2. The number of rotatable bonds is 24. The molecular weight excluding hydrogens is 1750 g/mol. The largest absolute Gasteiger partial charge is 0.508 e. The van der Waals surface area contributed by atoms with Gasteiger partial charge in [0, 0.05) is 125 Å². The number of benzene rings is 3. The standard InChI is InChI=1S/C88H121N23O21S/c1-8-9-19-68-88(132)109(7)69(30-46(2)3)82(126)105-65(37-90)80(124)106-66(76(120)96-41-72(92)115)43-133-44-73(116)98-62(31-48-21-23-52(112)24-22-48)84(128)107(5)47(4)75(119)103-64(36-71(91)114)87(131)110-29-14-20-67(110)81(125)102-61(34-51-40-93-45-97-51)79(123)100-59(25-26-74(117)118)86(130)111-42-53(113)35-70(111)83(127)101-60(32-49-38-94-56-17-12-10-15-54(49)56)78(122)99-58(27-28-89)77(121)104-63(85(129)108(68)6)33-50-39-95-57-18-13-11-16-55(50)57/h10-13,15-18,21-24,38-40,45-47,53,58-70,94-95,112-113H,8-9,14,19-20,25-37,41-44,89-90H2,1-7H3,(H2,91,114)(H2,92,115)(H,93,97)(H,96,120)(H,98,116)(H,99,122)(H,100,123)(H,101,127)(H,102,125)(H,103,119)(H,104,121)(H,105,126)(H,106,124)(H,117,118)/t47-,53+,58-,59-,60-,61-,62-,63-,64-,65-,66-,67-,68-,69-,70-/m0/s1. The fourth-order valence-electron chi connectivity index (χ4n) is 16.3. The van der Waals surface area contributed by atoms with Crippen LogP contribution >= 0.6 is 11.8 Å². The Kier molecular flexibility index (Phi) is 37.7. The van der Waals surface area contributed by atoms with Crippen molar-refractivity contribution >= 4 is 140 Å². The Bertz CT molecular complexity index is 5190. The van der Waals surface area contributed by atoms with Crippen molar-refractivity contribution in [2.75, 3.05) is 65.4 Å². The number of hydrogen-bond donors (Lipinski definition) is 20. The van der Waals surface area contributed by atoms with E-state index in [0.29, 0.717) is 51.3 Å². The second-order valence-electron chi connectivity index (χ2n) is 33.9. The van der Waals surface area contributed by atoms with Gasteiger partial charge in [0.25, 0.3) is 0 Å². The monoisotopic (exact) mass is 1870 g/mol. The topological polar surface area (TPSA) is 669 Å². The van der Waals surface area contributed by atoms with Crippen molar-refractivity contribution in [3.8, 4) is 5.75 Å². The summed E-state index contributed by atoms with van der Waals surface area (Å²) in [5.74, 6) is -19.6. The van der Waals surface area contributed by atoms with Gasteiger partial charge in [-0.25, -0.2) is 4.98 Å². The van der Waals surface area contributed by atoms with E-state index in [-0.39, 0.29) is 81.8 Å². The van der Waals surface area contributed by atoms with Crippen molar-refractivity contribution in [1.82, 2.24) is 97.6 Å². The van der Waals surface area contributed by atoms with E-state index in [1.54, 1.807) is 74.8 Å². The smallest absolute Gasteiger partial charge is 0.303 e. The first-order valence-electron chi connectivity index (χ1n) is 44.0. The van der Waals surface area contributed by atoms with Crippen molar-refractivity contribution < 1.29 is 102 Å². The van der Waals surface area contributed by atoms with Gasteiger partial charge in [0.05, 0.1) is 36.8 Å². The zero-order valence-corrected chi connectivity index (χ0v) is 75.9. The summed E-state index contributed by atoms with van der Waals surface area (Å²) >= 11 is 0.748. The average molecular weight is 1870 g/mol. The molecule has 24 N–H and O–H groups in total. The van der Waals surface area contributed by atoms with Crippen LogP contribution in [-0.2, 0) is 112 Å². The molecule has 0 aliphatic carbocycles. The molecule has 6 aromatic rings. The van der Waals surface area contributed by atoms with E-state index in [9.17, 15) is 68.1 Å². The number of nitrogens with zero attached hydrogens (tertiary/aromatic N) is 6. The number of carboxylic acid groups (broad SMARTS) is 1. The predicted octanol–water partition coefficient (Wildman–Crippen LogP) is -4.20. The highest BCUT2D eigenvalue weighted by Gasteiger charge is 2.47. The number of aliphatic carboxylic acids is 1. The van der Waals surface area contributed by atoms with Gasteiger partial charge in [-0.05, 0) is 98.9 Å². The highest BCUT2D eigenvalue weighted by atomic mass is 32.2.